The molecule has 1 fully saturated rings. The molecule has 1 unspecified atom stereocenters. The molecule has 146 valence electrons. The number of esters is 1. The minimum Gasteiger partial charge on any atom is -0.506 e. The minimum atomic E-state index is -0.263. The standard InChI is InChI=1S/C18H28N4O3.HI/c1-4-19-18(20-13-14(2)17(24)25-3)22-11-9-21(10-12-22)15-7-5-6-8-16(15)23;/h5-8,14,23H,4,9-13H2,1-3H3,(H,19,20);1H. The van der Waals surface area contributed by atoms with E-state index in [-0.39, 0.29) is 35.9 Å². The van der Waals surface area contributed by atoms with Gasteiger partial charge in [-0.2, -0.15) is 0 Å². The number of anilines is 1. The highest BCUT2D eigenvalue weighted by molar-refractivity contribution is 14.0. The van der Waals surface area contributed by atoms with E-state index in [1.54, 1.807) is 6.07 Å². The summed E-state index contributed by atoms with van der Waals surface area (Å²) >= 11 is 0. The predicted octanol–water partition coefficient (Wildman–Crippen LogP) is 1.91. The lowest BCUT2D eigenvalue weighted by Crippen LogP contribution is -2.52. The van der Waals surface area contributed by atoms with Crippen molar-refractivity contribution in [3.05, 3.63) is 24.3 Å². The third kappa shape index (κ3) is 5.93. The average molecular weight is 476 g/mol. The molecule has 1 atom stereocenters. The van der Waals surface area contributed by atoms with Gasteiger partial charge in [0.25, 0.3) is 0 Å². The third-order valence-corrected chi connectivity index (χ3v) is 4.25. The topological polar surface area (TPSA) is 77.4 Å². The number of phenols is 1. The molecule has 0 saturated carbocycles. The van der Waals surface area contributed by atoms with E-state index in [4.69, 9.17) is 4.74 Å². The number of methoxy groups -OCH3 is 1. The van der Waals surface area contributed by atoms with Crippen LogP contribution in [0.5, 0.6) is 5.75 Å². The fourth-order valence-corrected chi connectivity index (χ4v) is 2.82. The van der Waals surface area contributed by atoms with Gasteiger partial charge in [-0.15, -0.1) is 24.0 Å². The SMILES string of the molecule is CCNC(=NCC(C)C(=O)OC)N1CCN(c2ccccc2O)CC1.I. The Morgan fingerprint density at radius 3 is 2.54 bits per heavy atom. The highest BCUT2D eigenvalue weighted by Crippen LogP contribution is 2.27. The van der Waals surface area contributed by atoms with E-state index >= 15 is 0 Å². The lowest BCUT2D eigenvalue weighted by atomic mass is 10.2. The highest BCUT2D eigenvalue weighted by Gasteiger charge is 2.22. The van der Waals surface area contributed by atoms with Crippen LogP contribution in [0.3, 0.4) is 0 Å². The van der Waals surface area contributed by atoms with Gasteiger partial charge in [0.1, 0.15) is 5.75 Å². The lowest BCUT2D eigenvalue weighted by Gasteiger charge is -2.38. The Morgan fingerprint density at radius 1 is 1.31 bits per heavy atom. The number of nitrogens with zero attached hydrogens (tertiary/aromatic N) is 3. The molecule has 2 N–H and O–H groups in total. The number of ether oxygens (including phenoxy) is 1. The van der Waals surface area contributed by atoms with Crippen molar-refractivity contribution in [1.29, 1.82) is 0 Å². The number of aromatic hydroxyl groups is 1. The van der Waals surface area contributed by atoms with Crippen molar-refractivity contribution in [1.82, 2.24) is 10.2 Å². The Bertz CT molecular complexity index is 604. The molecule has 2 rings (SSSR count). The van der Waals surface area contributed by atoms with Crippen molar-refractivity contribution < 1.29 is 14.6 Å². The summed E-state index contributed by atoms with van der Waals surface area (Å²) in [6.07, 6.45) is 0. The molecule has 1 aromatic rings. The van der Waals surface area contributed by atoms with Gasteiger partial charge in [0.2, 0.25) is 0 Å². The molecular weight excluding hydrogens is 447 g/mol. The number of para-hydroxylation sites is 2. The summed E-state index contributed by atoms with van der Waals surface area (Å²) < 4.78 is 4.75. The van der Waals surface area contributed by atoms with Crippen LogP contribution in [-0.2, 0) is 9.53 Å². The number of nitrogens with one attached hydrogen (secondary N) is 1. The van der Waals surface area contributed by atoms with Crippen LogP contribution >= 0.6 is 24.0 Å². The fraction of sp³-hybridized carbons (Fsp3) is 0.556. The normalized spacial score (nSPS) is 15.9. The Kier molecular flexibility index (Phi) is 9.53. The van der Waals surface area contributed by atoms with Gasteiger partial charge >= 0.3 is 5.97 Å². The first-order valence-corrected chi connectivity index (χ1v) is 8.70. The average Bonchev–Trinajstić information content (AvgIpc) is 2.64. The van der Waals surface area contributed by atoms with Crippen molar-refractivity contribution >= 4 is 41.6 Å². The second-order valence-electron chi connectivity index (χ2n) is 6.08. The molecule has 0 spiro atoms. The zero-order valence-corrected chi connectivity index (χ0v) is 18.0. The van der Waals surface area contributed by atoms with Gasteiger partial charge in [0, 0.05) is 32.7 Å². The largest absolute Gasteiger partial charge is 0.506 e. The molecule has 0 radical (unpaired) electrons. The maximum atomic E-state index is 11.5. The molecule has 1 heterocycles. The molecule has 1 saturated heterocycles. The van der Waals surface area contributed by atoms with Crippen LogP contribution in [-0.4, -0.2) is 68.3 Å². The van der Waals surface area contributed by atoms with Crippen LogP contribution in [0.25, 0.3) is 0 Å². The molecule has 0 aromatic heterocycles. The van der Waals surface area contributed by atoms with Crippen LogP contribution in [0.2, 0.25) is 0 Å². The minimum absolute atomic E-state index is 0. The predicted molar refractivity (Wildman–Crippen MR) is 114 cm³/mol. The molecule has 1 aliphatic heterocycles. The maximum absolute atomic E-state index is 11.5. The summed E-state index contributed by atoms with van der Waals surface area (Å²) in [5.74, 6) is 0.615. The molecule has 0 aliphatic carbocycles. The molecule has 8 heteroatoms. The fourth-order valence-electron chi connectivity index (χ4n) is 2.82. The van der Waals surface area contributed by atoms with E-state index in [1.807, 2.05) is 32.0 Å². The van der Waals surface area contributed by atoms with Gasteiger partial charge in [-0.3, -0.25) is 9.79 Å². The molecule has 1 aromatic carbocycles. The highest BCUT2D eigenvalue weighted by atomic mass is 127. The van der Waals surface area contributed by atoms with E-state index in [0.717, 1.165) is 44.4 Å². The summed E-state index contributed by atoms with van der Waals surface area (Å²) in [7, 11) is 1.39. The van der Waals surface area contributed by atoms with Crippen molar-refractivity contribution in [2.45, 2.75) is 13.8 Å². The summed E-state index contributed by atoms with van der Waals surface area (Å²) in [6, 6.07) is 7.40. The van der Waals surface area contributed by atoms with Crippen LogP contribution in [0.4, 0.5) is 5.69 Å². The number of aliphatic imine (C=N–C) groups is 1. The Hall–Kier alpha value is -1.71. The summed E-state index contributed by atoms with van der Waals surface area (Å²) in [5.41, 5.74) is 0.864. The van der Waals surface area contributed by atoms with E-state index in [1.165, 1.54) is 7.11 Å². The monoisotopic (exact) mass is 476 g/mol. The molecule has 0 bridgehead atoms. The van der Waals surface area contributed by atoms with Gasteiger partial charge in [-0.25, -0.2) is 0 Å². The van der Waals surface area contributed by atoms with Crippen molar-refractivity contribution in [2.75, 3.05) is 51.3 Å². The van der Waals surface area contributed by atoms with Crippen LogP contribution in [0, 0.1) is 5.92 Å². The molecule has 26 heavy (non-hydrogen) atoms. The summed E-state index contributed by atoms with van der Waals surface area (Å²) in [6.45, 7) is 8.20. The van der Waals surface area contributed by atoms with Crippen LogP contribution in [0.1, 0.15) is 13.8 Å². The number of carbonyl (C=O) groups excluding carboxylic acids is 1. The number of halogens is 1. The van der Waals surface area contributed by atoms with E-state index in [0.29, 0.717) is 12.3 Å². The van der Waals surface area contributed by atoms with Crippen molar-refractivity contribution in [2.24, 2.45) is 10.9 Å². The first-order valence-electron chi connectivity index (χ1n) is 8.70. The zero-order chi connectivity index (χ0) is 18.2. The molecule has 0 amide bonds. The van der Waals surface area contributed by atoms with Gasteiger partial charge in [-0.1, -0.05) is 19.1 Å². The molecular formula is C18H29IN4O3. The number of guanidine groups is 1. The van der Waals surface area contributed by atoms with E-state index in [9.17, 15) is 9.90 Å². The van der Waals surface area contributed by atoms with Crippen LogP contribution < -0.4 is 10.2 Å². The molecule has 7 nitrogen and oxygen atoms in total. The van der Waals surface area contributed by atoms with Crippen molar-refractivity contribution in [3.8, 4) is 5.75 Å². The van der Waals surface area contributed by atoms with Gasteiger partial charge in [-0.05, 0) is 19.1 Å². The maximum Gasteiger partial charge on any atom is 0.310 e. The second-order valence-corrected chi connectivity index (χ2v) is 6.08. The zero-order valence-electron chi connectivity index (χ0n) is 15.6. The number of hydrogen-bond donors (Lipinski definition) is 2. The number of carbonyl (C=O) groups is 1. The van der Waals surface area contributed by atoms with Crippen LogP contribution in [0.15, 0.2) is 29.3 Å². The van der Waals surface area contributed by atoms with Crippen molar-refractivity contribution in [3.63, 3.8) is 0 Å². The first kappa shape index (κ1) is 22.3. The second kappa shape index (κ2) is 11.1. The third-order valence-electron chi connectivity index (χ3n) is 4.25. The Balaban J connectivity index is 0.00000338. The number of phenolic OH excluding ortho intramolecular Hbond substituents is 1. The Labute approximate surface area is 172 Å². The smallest absolute Gasteiger partial charge is 0.310 e. The number of piperazine rings is 1. The number of benzene rings is 1. The summed E-state index contributed by atoms with van der Waals surface area (Å²) in [4.78, 5) is 20.5. The first-order chi connectivity index (χ1) is 12.1. The summed E-state index contributed by atoms with van der Waals surface area (Å²) in [5, 5.41) is 13.3. The van der Waals surface area contributed by atoms with E-state index < -0.39 is 0 Å². The molecule has 1 aliphatic rings. The van der Waals surface area contributed by atoms with E-state index in [2.05, 4.69) is 20.1 Å². The lowest BCUT2D eigenvalue weighted by molar-refractivity contribution is -0.144. The quantitative estimate of drug-likeness (QED) is 0.293. The number of rotatable bonds is 5. The van der Waals surface area contributed by atoms with Gasteiger partial charge in [0.15, 0.2) is 5.96 Å². The van der Waals surface area contributed by atoms with Gasteiger partial charge < -0.3 is 25.0 Å². The van der Waals surface area contributed by atoms with Gasteiger partial charge in [0.05, 0.1) is 25.3 Å². The Morgan fingerprint density at radius 2 is 1.96 bits per heavy atom. The number of hydrogen-bond acceptors (Lipinski definition) is 5.